The maximum absolute atomic E-state index is 10.6. The number of rotatable bonds is 8. The minimum absolute atomic E-state index is 0.234. The molecule has 1 aliphatic heterocycles. The zero-order chi connectivity index (χ0) is 21.9. The molecule has 0 bridgehead atoms. The molecule has 2 heterocycles. The van der Waals surface area contributed by atoms with Crippen molar-refractivity contribution in [2.45, 2.75) is 58.2 Å². The average Bonchev–Trinajstić information content (AvgIpc) is 3.19. The molecule has 1 aliphatic rings. The predicted molar refractivity (Wildman–Crippen MR) is 118 cm³/mol. The summed E-state index contributed by atoms with van der Waals surface area (Å²) in [7, 11) is 1.54. The molecule has 1 aromatic heterocycles. The second kappa shape index (κ2) is 11.8. The van der Waals surface area contributed by atoms with Gasteiger partial charge in [-0.05, 0) is 43.5 Å². The smallest absolute Gasteiger partial charge is 0.248 e. The number of methoxy groups -OCH3 is 1. The van der Waals surface area contributed by atoms with E-state index in [1.807, 2.05) is 12.3 Å². The number of aromatic nitrogens is 2. The Labute approximate surface area is 178 Å². The summed E-state index contributed by atoms with van der Waals surface area (Å²) >= 11 is 0. The first kappa shape index (κ1) is 23.2. The molecule has 30 heavy (non-hydrogen) atoms. The lowest BCUT2D eigenvalue weighted by Crippen LogP contribution is -2.36. The van der Waals surface area contributed by atoms with Crippen molar-refractivity contribution in [1.29, 1.82) is 5.26 Å². The summed E-state index contributed by atoms with van der Waals surface area (Å²) in [5, 5.41) is 12.7. The van der Waals surface area contributed by atoms with Crippen molar-refractivity contribution in [2.75, 3.05) is 7.11 Å². The molecule has 2 aromatic rings. The van der Waals surface area contributed by atoms with Crippen LogP contribution in [0.1, 0.15) is 74.0 Å². The lowest BCUT2D eigenvalue weighted by Gasteiger charge is -2.28. The molecule has 0 fully saturated rings. The number of hydrogen-bond donors (Lipinski definition) is 2. The molecule has 1 atom stereocenters. The van der Waals surface area contributed by atoms with E-state index in [0.717, 1.165) is 12.2 Å². The molecule has 0 aliphatic carbocycles. The molecule has 3 rings (SSSR count). The molecular weight excluding hydrogens is 378 g/mol. The summed E-state index contributed by atoms with van der Waals surface area (Å²) in [6.07, 6.45) is 12.0. The summed E-state index contributed by atoms with van der Waals surface area (Å²) in [4.78, 5) is 14.9. The van der Waals surface area contributed by atoms with Gasteiger partial charge >= 0.3 is 0 Å². The minimum Gasteiger partial charge on any atom is -0.497 e. The molecule has 7 heteroatoms. The number of primary amides is 1. The van der Waals surface area contributed by atoms with Crippen LogP contribution < -0.4 is 15.8 Å². The minimum atomic E-state index is -0.441. The molecular formula is C23H31N5O2. The third-order valence-electron chi connectivity index (χ3n) is 4.89. The van der Waals surface area contributed by atoms with Gasteiger partial charge in [0.05, 0.1) is 13.3 Å². The average molecular weight is 410 g/mol. The Kier molecular flexibility index (Phi) is 9.10. The highest BCUT2D eigenvalue weighted by Gasteiger charge is 2.20. The Morgan fingerprint density at radius 2 is 2.13 bits per heavy atom. The van der Waals surface area contributed by atoms with Gasteiger partial charge in [0.25, 0.3) is 0 Å². The van der Waals surface area contributed by atoms with Crippen LogP contribution >= 0.6 is 0 Å². The number of nitriles is 1. The Bertz CT molecular complexity index is 891. The fourth-order valence-corrected chi connectivity index (χ4v) is 3.46. The number of imidazole rings is 1. The summed E-state index contributed by atoms with van der Waals surface area (Å²) in [5.41, 5.74) is 6.00. The summed E-state index contributed by atoms with van der Waals surface area (Å²) in [6, 6.07) is 9.38. The van der Waals surface area contributed by atoms with Gasteiger partial charge in [0.2, 0.25) is 5.91 Å². The molecule has 3 N–H and O–H groups in total. The number of nitrogens with zero attached hydrogens (tertiary/aromatic N) is 3. The molecule has 160 valence electrons. The zero-order valence-electron chi connectivity index (χ0n) is 18.0. The number of benzene rings is 1. The van der Waals surface area contributed by atoms with Gasteiger partial charge < -0.3 is 15.0 Å². The van der Waals surface area contributed by atoms with E-state index in [0.29, 0.717) is 23.0 Å². The molecule has 0 saturated carbocycles. The van der Waals surface area contributed by atoms with Gasteiger partial charge in [-0.2, -0.15) is 5.26 Å². The second-order valence-corrected chi connectivity index (χ2v) is 7.19. The van der Waals surface area contributed by atoms with Crippen LogP contribution in [0.25, 0.3) is 6.08 Å². The van der Waals surface area contributed by atoms with Crippen molar-refractivity contribution >= 4 is 12.0 Å². The molecule has 0 spiro atoms. The van der Waals surface area contributed by atoms with Crippen molar-refractivity contribution in [1.82, 2.24) is 14.9 Å². The Balaban J connectivity index is 0.000000248. The van der Waals surface area contributed by atoms with E-state index < -0.39 is 5.91 Å². The number of ether oxygens (including phenoxy) is 1. The quantitative estimate of drug-likeness (QED) is 0.685. The van der Waals surface area contributed by atoms with Gasteiger partial charge in [0, 0.05) is 17.8 Å². The van der Waals surface area contributed by atoms with Crippen LogP contribution in [0.5, 0.6) is 5.75 Å². The van der Waals surface area contributed by atoms with Gasteiger partial charge in [-0.1, -0.05) is 38.8 Å². The van der Waals surface area contributed by atoms with Gasteiger partial charge in [0.1, 0.15) is 17.6 Å². The van der Waals surface area contributed by atoms with E-state index in [9.17, 15) is 4.79 Å². The van der Waals surface area contributed by atoms with Crippen molar-refractivity contribution in [3.05, 3.63) is 53.6 Å². The van der Waals surface area contributed by atoms with Crippen molar-refractivity contribution in [3.8, 4) is 11.8 Å². The topological polar surface area (TPSA) is 106 Å². The largest absolute Gasteiger partial charge is 0.497 e. The first-order valence-electron chi connectivity index (χ1n) is 10.4. The number of nitrogens with two attached hydrogens (primary N) is 1. The number of hydrogen-bond acceptors (Lipinski definition) is 5. The van der Waals surface area contributed by atoms with E-state index in [4.69, 9.17) is 15.7 Å². The first-order valence-corrected chi connectivity index (χ1v) is 10.4. The highest BCUT2D eigenvalue weighted by Crippen LogP contribution is 2.22. The van der Waals surface area contributed by atoms with Gasteiger partial charge in [-0.25, -0.2) is 4.98 Å². The zero-order valence-corrected chi connectivity index (χ0v) is 18.0. The van der Waals surface area contributed by atoms with E-state index in [1.54, 1.807) is 31.4 Å². The van der Waals surface area contributed by atoms with Gasteiger partial charge in [0.15, 0.2) is 5.69 Å². The van der Waals surface area contributed by atoms with Crippen LogP contribution in [0, 0.1) is 11.3 Å². The van der Waals surface area contributed by atoms with E-state index in [2.05, 4.69) is 40.9 Å². The summed E-state index contributed by atoms with van der Waals surface area (Å²) in [6.45, 7) is 4.45. The molecule has 7 nitrogen and oxygen atoms in total. The number of carbonyl (C=O) groups excluding carboxylic acids is 1. The fourth-order valence-electron chi connectivity index (χ4n) is 3.46. The maximum atomic E-state index is 10.6. The number of amides is 1. The highest BCUT2D eigenvalue weighted by atomic mass is 16.5. The van der Waals surface area contributed by atoms with E-state index >= 15 is 0 Å². The van der Waals surface area contributed by atoms with Gasteiger partial charge in [-0.3, -0.25) is 10.1 Å². The molecule has 1 amide bonds. The molecule has 0 radical (unpaired) electrons. The Morgan fingerprint density at radius 3 is 2.73 bits per heavy atom. The number of fused-ring (bicyclic) bond motifs is 1. The number of nitrogens with one attached hydrogen (secondary N) is 1. The second-order valence-electron chi connectivity index (χ2n) is 7.19. The molecule has 1 unspecified atom stereocenters. The van der Waals surface area contributed by atoms with E-state index in [-0.39, 0.29) is 6.17 Å². The lowest BCUT2D eigenvalue weighted by molar-refractivity contribution is 0.1000. The SMILES string of the molecule is CCCC(CCC)NC1CC=Cc2nc(C#N)cn21.COc1cccc(C(N)=O)c1. The summed E-state index contributed by atoms with van der Waals surface area (Å²) < 4.78 is 6.99. The van der Waals surface area contributed by atoms with Crippen LogP contribution in [0.3, 0.4) is 0 Å². The molecule has 1 aromatic carbocycles. The van der Waals surface area contributed by atoms with Crippen LogP contribution in [-0.4, -0.2) is 28.6 Å². The summed E-state index contributed by atoms with van der Waals surface area (Å²) in [5.74, 6) is 1.08. The fraction of sp³-hybridized carbons (Fsp3) is 0.435. The van der Waals surface area contributed by atoms with Crippen LogP contribution in [0.2, 0.25) is 0 Å². The van der Waals surface area contributed by atoms with Crippen molar-refractivity contribution in [2.24, 2.45) is 5.73 Å². The third kappa shape index (κ3) is 6.46. The van der Waals surface area contributed by atoms with Gasteiger partial charge in [-0.15, -0.1) is 0 Å². The van der Waals surface area contributed by atoms with E-state index in [1.165, 1.54) is 25.7 Å². The van der Waals surface area contributed by atoms with Crippen LogP contribution in [0.15, 0.2) is 36.5 Å². The Hall–Kier alpha value is -3.11. The van der Waals surface area contributed by atoms with Crippen LogP contribution in [-0.2, 0) is 0 Å². The lowest BCUT2D eigenvalue weighted by atomic mass is 10.1. The number of carbonyl (C=O) groups is 1. The normalized spacial score (nSPS) is 14.4. The van der Waals surface area contributed by atoms with Crippen molar-refractivity contribution < 1.29 is 9.53 Å². The monoisotopic (exact) mass is 409 g/mol. The van der Waals surface area contributed by atoms with Crippen LogP contribution in [0.4, 0.5) is 0 Å². The first-order chi connectivity index (χ1) is 14.5. The maximum Gasteiger partial charge on any atom is 0.248 e. The third-order valence-corrected chi connectivity index (χ3v) is 4.89. The Morgan fingerprint density at radius 1 is 1.40 bits per heavy atom. The van der Waals surface area contributed by atoms with Crippen molar-refractivity contribution in [3.63, 3.8) is 0 Å². The standard InChI is InChI=1S/C15H22N4.C8H9NO2/c1-3-6-12(7-4-2)17-14-8-5-9-15-18-13(10-16)11-19(14)15;1-11-7-4-2-3-6(5-7)8(9)10/h5,9,11-12,14,17H,3-4,6-8H2,1-2H3;2-5H,1H3,(H2,9,10). The highest BCUT2D eigenvalue weighted by molar-refractivity contribution is 5.93. The molecule has 0 saturated heterocycles. The predicted octanol–water partition coefficient (Wildman–Crippen LogP) is 4.02.